The second kappa shape index (κ2) is 8.86. The molecule has 0 saturated heterocycles. The van der Waals surface area contributed by atoms with Crippen LogP contribution in [0.3, 0.4) is 0 Å². The van der Waals surface area contributed by atoms with Crippen LogP contribution in [-0.2, 0) is 14.3 Å². The number of hydrazine groups is 1. The molecule has 2 rings (SSSR count). The smallest absolute Gasteiger partial charge is 0.329 e. The Balaban J connectivity index is 2.26. The lowest BCUT2D eigenvalue weighted by atomic mass is 9.88. The van der Waals surface area contributed by atoms with Gasteiger partial charge in [-0.05, 0) is 52.8 Å². The molecule has 0 spiro atoms. The largest absolute Gasteiger partial charge is 0.465 e. The molecular weight excluding hydrogens is 346 g/mol. The van der Waals surface area contributed by atoms with Gasteiger partial charge in [-0.15, -0.1) is 0 Å². The first kappa shape index (κ1) is 21.4. The van der Waals surface area contributed by atoms with E-state index in [1.54, 1.807) is 6.92 Å². The van der Waals surface area contributed by atoms with E-state index in [0.29, 0.717) is 31.7 Å². The van der Waals surface area contributed by atoms with E-state index < -0.39 is 6.04 Å². The van der Waals surface area contributed by atoms with Crippen LogP contribution in [0, 0.1) is 0 Å². The molecule has 8 nitrogen and oxygen atoms in total. The summed E-state index contributed by atoms with van der Waals surface area (Å²) in [5, 5.41) is 8.33. The maximum atomic E-state index is 12.9. The van der Waals surface area contributed by atoms with Gasteiger partial charge in [-0.3, -0.25) is 4.79 Å². The van der Waals surface area contributed by atoms with Gasteiger partial charge in [0.25, 0.3) is 0 Å². The van der Waals surface area contributed by atoms with Crippen molar-refractivity contribution < 1.29 is 14.3 Å². The molecule has 152 valence electrons. The minimum Gasteiger partial charge on any atom is -0.465 e. The molecule has 0 aromatic rings. The van der Waals surface area contributed by atoms with Crippen molar-refractivity contribution in [3.63, 3.8) is 0 Å². The average molecular weight is 380 g/mol. The quantitative estimate of drug-likeness (QED) is 0.316. The van der Waals surface area contributed by atoms with Crippen LogP contribution in [0.5, 0.6) is 0 Å². The predicted molar refractivity (Wildman–Crippen MR) is 104 cm³/mol. The van der Waals surface area contributed by atoms with Gasteiger partial charge in [0.1, 0.15) is 6.04 Å². The highest BCUT2D eigenvalue weighted by atomic mass is 16.5. The number of esters is 1. The third-order valence-electron chi connectivity index (χ3n) is 5.28. The van der Waals surface area contributed by atoms with E-state index in [1.807, 2.05) is 44.3 Å². The standard InChI is InChI=1S/C19H33N5O3/c1-7-27-18(26)16-14-9-8-13(12-23(5)6)17(25)15(14)22-24(16)11-10-19(2,20-3)21-4/h12,16,20-22H,7-11H2,1-6H3. The van der Waals surface area contributed by atoms with Crippen LogP contribution in [-0.4, -0.2) is 74.7 Å². The lowest BCUT2D eigenvalue weighted by Gasteiger charge is -2.32. The second-order valence-electron chi connectivity index (χ2n) is 7.39. The highest BCUT2D eigenvalue weighted by Crippen LogP contribution is 2.34. The van der Waals surface area contributed by atoms with Crippen LogP contribution in [0.15, 0.2) is 23.0 Å². The van der Waals surface area contributed by atoms with Crippen LogP contribution >= 0.6 is 0 Å². The van der Waals surface area contributed by atoms with E-state index in [9.17, 15) is 9.59 Å². The topological polar surface area (TPSA) is 85.9 Å². The molecule has 27 heavy (non-hydrogen) atoms. The summed E-state index contributed by atoms with van der Waals surface area (Å²) in [6, 6.07) is -0.553. The molecule has 0 saturated carbocycles. The number of hydrogen-bond acceptors (Lipinski definition) is 8. The first-order chi connectivity index (χ1) is 12.8. The molecule has 0 bridgehead atoms. The molecular formula is C19H33N5O3. The summed E-state index contributed by atoms with van der Waals surface area (Å²) < 4.78 is 5.30. The lowest BCUT2D eigenvalue weighted by Crippen LogP contribution is -2.55. The van der Waals surface area contributed by atoms with E-state index in [4.69, 9.17) is 4.74 Å². The van der Waals surface area contributed by atoms with Crippen molar-refractivity contribution in [2.45, 2.75) is 44.8 Å². The number of allylic oxidation sites excluding steroid dienone is 1. The maximum absolute atomic E-state index is 12.9. The number of ketones is 1. The van der Waals surface area contributed by atoms with E-state index in [1.165, 1.54) is 0 Å². The fourth-order valence-electron chi connectivity index (χ4n) is 3.44. The molecule has 1 atom stereocenters. The lowest BCUT2D eigenvalue weighted by molar-refractivity contribution is -0.148. The molecule has 8 heteroatoms. The molecule has 3 N–H and O–H groups in total. The monoisotopic (exact) mass is 379 g/mol. The van der Waals surface area contributed by atoms with E-state index in [0.717, 1.165) is 17.6 Å². The SMILES string of the molecule is CCOC(=O)C1C2=C(NN1CCC(C)(NC)NC)C(=O)C(=CN(C)C)CC2. The van der Waals surface area contributed by atoms with Crippen molar-refractivity contribution >= 4 is 11.8 Å². The molecule has 1 aliphatic heterocycles. The molecule has 0 radical (unpaired) electrons. The van der Waals surface area contributed by atoms with Gasteiger partial charge in [0, 0.05) is 32.4 Å². The minimum atomic E-state index is -0.553. The van der Waals surface area contributed by atoms with Crippen molar-refractivity contribution in [2.75, 3.05) is 41.3 Å². The van der Waals surface area contributed by atoms with Crippen molar-refractivity contribution in [1.82, 2.24) is 26.0 Å². The van der Waals surface area contributed by atoms with Crippen molar-refractivity contribution in [3.05, 3.63) is 23.0 Å². The Labute approximate surface area is 161 Å². The Morgan fingerprint density at radius 3 is 2.59 bits per heavy atom. The normalized spacial score (nSPS) is 22.1. The third kappa shape index (κ3) is 4.69. The van der Waals surface area contributed by atoms with Crippen LogP contribution < -0.4 is 16.1 Å². The number of ether oxygens (including phenoxy) is 1. The van der Waals surface area contributed by atoms with Gasteiger partial charge in [0.2, 0.25) is 5.78 Å². The number of nitrogens with one attached hydrogen (secondary N) is 3. The minimum absolute atomic E-state index is 0.0354. The highest BCUT2D eigenvalue weighted by Gasteiger charge is 2.43. The zero-order valence-electron chi connectivity index (χ0n) is 17.3. The first-order valence-corrected chi connectivity index (χ1v) is 9.49. The van der Waals surface area contributed by atoms with Crippen molar-refractivity contribution in [3.8, 4) is 0 Å². The number of carbonyl (C=O) groups is 2. The molecule has 1 heterocycles. The second-order valence-corrected chi connectivity index (χ2v) is 7.39. The summed E-state index contributed by atoms with van der Waals surface area (Å²) in [5.41, 5.74) is 5.05. The Hall–Kier alpha value is -1.90. The van der Waals surface area contributed by atoms with E-state index in [-0.39, 0.29) is 17.4 Å². The fraction of sp³-hybridized carbons (Fsp3) is 0.684. The third-order valence-corrected chi connectivity index (χ3v) is 5.28. The predicted octanol–water partition coefficient (Wildman–Crippen LogP) is 0.346. The van der Waals surface area contributed by atoms with Gasteiger partial charge in [-0.25, -0.2) is 9.80 Å². The summed E-state index contributed by atoms with van der Waals surface area (Å²) in [6.07, 6.45) is 3.89. The molecule has 1 aliphatic carbocycles. The molecule has 0 aromatic heterocycles. The van der Waals surface area contributed by atoms with E-state index >= 15 is 0 Å². The van der Waals surface area contributed by atoms with Gasteiger partial charge < -0.3 is 25.7 Å². The van der Waals surface area contributed by atoms with Gasteiger partial charge in [0.15, 0.2) is 0 Å². The molecule has 1 unspecified atom stereocenters. The summed E-state index contributed by atoms with van der Waals surface area (Å²) >= 11 is 0. The van der Waals surface area contributed by atoms with Gasteiger partial charge in [-0.1, -0.05) is 0 Å². The number of hydrogen-bond donors (Lipinski definition) is 3. The summed E-state index contributed by atoms with van der Waals surface area (Å²) in [7, 11) is 7.58. The van der Waals surface area contributed by atoms with Gasteiger partial charge in [-0.2, -0.15) is 0 Å². The Kier molecular flexibility index (Phi) is 7.02. The van der Waals surface area contributed by atoms with Crippen LogP contribution in [0.4, 0.5) is 0 Å². The highest BCUT2D eigenvalue weighted by molar-refractivity contribution is 6.10. The molecule has 0 fully saturated rings. The Bertz CT molecular complexity index is 637. The molecule has 2 aliphatic rings. The fourth-order valence-corrected chi connectivity index (χ4v) is 3.44. The zero-order chi connectivity index (χ0) is 20.2. The Morgan fingerprint density at radius 2 is 2.04 bits per heavy atom. The van der Waals surface area contributed by atoms with Crippen LogP contribution in [0.1, 0.15) is 33.1 Å². The summed E-state index contributed by atoms with van der Waals surface area (Å²) in [5.74, 6) is -0.342. The zero-order valence-corrected chi connectivity index (χ0v) is 17.3. The summed E-state index contributed by atoms with van der Waals surface area (Å²) in [4.78, 5) is 27.4. The van der Waals surface area contributed by atoms with E-state index in [2.05, 4.69) is 23.0 Å². The summed E-state index contributed by atoms with van der Waals surface area (Å²) in [6.45, 7) is 4.74. The average Bonchev–Trinajstić information content (AvgIpc) is 3.01. The molecule has 0 amide bonds. The van der Waals surface area contributed by atoms with Crippen LogP contribution in [0.2, 0.25) is 0 Å². The van der Waals surface area contributed by atoms with Crippen molar-refractivity contribution in [1.29, 1.82) is 0 Å². The number of carbonyl (C=O) groups excluding carboxylic acids is 2. The van der Waals surface area contributed by atoms with Crippen molar-refractivity contribution in [2.24, 2.45) is 0 Å². The maximum Gasteiger partial charge on any atom is 0.329 e. The Morgan fingerprint density at radius 1 is 1.37 bits per heavy atom. The number of rotatable bonds is 8. The number of Topliss-reactive ketones (excluding diaryl/α,β-unsaturated/α-hetero) is 1. The van der Waals surface area contributed by atoms with Crippen LogP contribution in [0.25, 0.3) is 0 Å². The van der Waals surface area contributed by atoms with Gasteiger partial charge in [0.05, 0.1) is 18.0 Å². The molecule has 0 aromatic carbocycles. The van der Waals surface area contributed by atoms with Gasteiger partial charge >= 0.3 is 5.97 Å². The first-order valence-electron chi connectivity index (χ1n) is 9.49. The number of nitrogens with zero attached hydrogens (tertiary/aromatic N) is 2.